The molecule has 0 radical (unpaired) electrons. The van der Waals surface area contributed by atoms with Crippen molar-refractivity contribution in [2.45, 2.75) is 63.6 Å². The summed E-state index contributed by atoms with van der Waals surface area (Å²) in [5.74, 6) is 0. The van der Waals surface area contributed by atoms with Gasteiger partial charge in [-0.25, -0.2) is 0 Å². The van der Waals surface area contributed by atoms with Crippen molar-refractivity contribution in [1.29, 1.82) is 0 Å². The second kappa shape index (κ2) is 9.31. The minimum Gasteiger partial charge on any atom is -0.399 e. The van der Waals surface area contributed by atoms with Crippen LogP contribution in [0, 0.1) is 0 Å². The third kappa shape index (κ3) is 3.58. The third-order valence-electron chi connectivity index (χ3n) is 11.9. The molecular weight excluding hydrogens is 573 g/mol. The second-order valence-corrected chi connectivity index (χ2v) is 14.8. The largest absolute Gasteiger partial charge is 0.497 e. The zero-order valence-electron chi connectivity index (χ0n) is 27.4. The van der Waals surface area contributed by atoms with Crippen molar-refractivity contribution < 1.29 is 9.31 Å². The summed E-state index contributed by atoms with van der Waals surface area (Å²) in [6.07, 6.45) is 5.43. The molecule has 4 heteroatoms. The van der Waals surface area contributed by atoms with Crippen molar-refractivity contribution in [2.75, 3.05) is 0 Å². The van der Waals surface area contributed by atoms with Gasteiger partial charge in [-0.2, -0.15) is 0 Å². The van der Waals surface area contributed by atoms with E-state index < -0.39 is 18.3 Å². The summed E-state index contributed by atoms with van der Waals surface area (Å²) in [5.41, 5.74) is 15.3. The standard InChI is InChI=1S/C43H36BNO2/c1-41(2)42(3,4)47-44(46-41)39-33-24-28-15-8-9-16-29(28)31(33)25-34-38-37(45-40(34)39)19-12-22-43(38)35-18-11-10-17-30(35)32-23-27(20-21-36(32)43)26-13-6-5-7-14-26/h5-11,13-18,20-21,23-25H,12,19,22H2,1-4H3. The quantitative estimate of drug-likeness (QED) is 0.187. The summed E-state index contributed by atoms with van der Waals surface area (Å²) in [4.78, 5) is 5.58. The lowest BCUT2D eigenvalue weighted by molar-refractivity contribution is 0.00578. The monoisotopic (exact) mass is 609 g/mol. The Morgan fingerprint density at radius 3 is 2.17 bits per heavy atom. The number of nitrogens with zero attached hydrogens (tertiary/aromatic N) is 1. The van der Waals surface area contributed by atoms with Crippen LogP contribution in [0.3, 0.4) is 0 Å². The van der Waals surface area contributed by atoms with Gasteiger partial charge in [-0.15, -0.1) is 0 Å². The first kappa shape index (κ1) is 27.6. The molecule has 5 aromatic rings. The molecule has 3 nitrogen and oxygen atoms in total. The average molecular weight is 610 g/mol. The molecule has 5 aromatic carbocycles. The van der Waals surface area contributed by atoms with Crippen molar-refractivity contribution in [3.8, 4) is 33.4 Å². The van der Waals surface area contributed by atoms with Crippen LogP contribution in [0.15, 0.2) is 108 Å². The van der Waals surface area contributed by atoms with Crippen molar-refractivity contribution in [1.82, 2.24) is 0 Å². The highest BCUT2D eigenvalue weighted by Gasteiger charge is 2.55. The van der Waals surface area contributed by atoms with Gasteiger partial charge in [0.2, 0.25) is 0 Å². The van der Waals surface area contributed by atoms with Gasteiger partial charge in [0.05, 0.1) is 16.9 Å². The van der Waals surface area contributed by atoms with Crippen LogP contribution in [0.4, 0.5) is 5.69 Å². The Morgan fingerprint density at radius 1 is 0.660 bits per heavy atom. The molecule has 2 aliphatic heterocycles. The smallest absolute Gasteiger partial charge is 0.399 e. The Balaban J connectivity index is 1.29. The van der Waals surface area contributed by atoms with Gasteiger partial charge >= 0.3 is 7.12 Å². The van der Waals surface area contributed by atoms with Gasteiger partial charge in [-0.05, 0) is 126 Å². The summed E-state index contributed by atoms with van der Waals surface area (Å²) >= 11 is 0. The van der Waals surface area contributed by atoms with Crippen LogP contribution in [0.1, 0.15) is 63.6 Å². The van der Waals surface area contributed by atoms with Gasteiger partial charge in [0.1, 0.15) is 0 Å². The Morgan fingerprint density at radius 2 is 1.36 bits per heavy atom. The van der Waals surface area contributed by atoms with E-state index in [4.69, 9.17) is 14.3 Å². The van der Waals surface area contributed by atoms with Gasteiger partial charge in [0.25, 0.3) is 0 Å². The highest BCUT2D eigenvalue weighted by Crippen LogP contribution is 2.59. The lowest BCUT2D eigenvalue weighted by Crippen LogP contribution is -2.46. The summed E-state index contributed by atoms with van der Waals surface area (Å²) in [5, 5.41) is 2.42. The molecule has 1 unspecified atom stereocenters. The molecule has 3 aliphatic carbocycles. The van der Waals surface area contributed by atoms with E-state index in [1.807, 2.05) is 0 Å². The molecule has 228 valence electrons. The van der Waals surface area contributed by atoms with E-state index in [2.05, 4.69) is 137 Å². The SMILES string of the molecule is CC1(C)OB(c2c3c(cc4c2=Cc2ccccc2-4)=C2C(=N3)CCCC23c2ccccc2-c2cc(-c4ccccc4)ccc23)OC1(C)C. The Hall–Kier alpha value is -4.51. The molecule has 10 rings (SSSR count). The predicted octanol–water partition coefficient (Wildman–Crippen LogP) is 7.85. The fraction of sp³-hybridized carbons (Fsp3) is 0.233. The lowest BCUT2D eigenvalue weighted by Gasteiger charge is -2.38. The fourth-order valence-corrected chi connectivity index (χ4v) is 8.99. The molecule has 0 aromatic heterocycles. The number of fused-ring (bicyclic) bond motifs is 11. The van der Waals surface area contributed by atoms with E-state index >= 15 is 0 Å². The number of aliphatic imine (C=N–C) groups is 1. The zero-order chi connectivity index (χ0) is 31.7. The molecule has 47 heavy (non-hydrogen) atoms. The number of hydrogen-bond donors (Lipinski definition) is 0. The Kier molecular flexibility index (Phi) is 5.47. The minimum absolute atomic E-state index is 0.271. The molecule has 0 N–H and O–H groups in total. The van der Waals surface area contributed by atoms with E-state index in [0.29, 0.717) is 0 Å². The summed E-state index contributed by atoms with van der Waals surface area (Å²) in [6, 6.07) is 38.2. The number of rotatable bonds is 2. The molecule has 1 saturated carbocycles. The van der Waals surface area contributed by atoms with E-state index in [0.717, 1.165) is 30.4 Å². The Labute approximate surface area is 276 Å². The van der Waals surface area contributed by atoms with Crippen LogP contribution in [0.2, 0.25) is 0 Å². The maximum atomic E-state index is 6.82. The van der Waals surface area contributed by atoms with E-state index in [9.17, 15) is 0 Å². The van der Waals surface area contributed by atoms with Gasteiger partial charge in [-0.3, -0.25) is 4.99 Å². The van der Waals surface area contributed by atoms with Gasteiger partial charge in [0.15, 0.2) is 0 Å². The van der Waals surface area contributed by atoms with Crippen molar-refractivity contribution in [3.63, 3.8) is 0 Å². The van der Waals surface area contributed by atoms with Crippen molar-refractivity contribution in [2.24, 2.45) is 4.99 Å². The normalized spacial score (nSPS) is 21.8. The molecule has 1 spiro atoms. The topological polar surface area (TPSA) is 30.8 Å². The minimum atomic E-state index is -0.508. The van der Waals surface area contributed by atoms with Crippen molar-refractivity contribution >= 4 is 35.6 Å². The van der Waals surface area contributed by atoms with E-state index in [1.165, 1.54) is 71.8 Å². The van der Waals surface area contributed by atoms with Crippen LogP contribution in [-0.4, -0.2) is 24.0 Å². The summed E-state index contributed by atoms with van der Waals surface area (Å²) in [6.45, 7) is 8.56. The summed E-state index contributed by atoms with van der Waals surface area (Å²) in [7, 11) is -0.508. The van der Waals surface area contributed by atoms with Crippen LogP contribution in [0.5, 0.6) is 0 Å². The van der Waals surface area contributed by atoms with Crippen LogP contribution in [-0.2, 0) is 14.7 Å². The van der Waals surface area contributed by atoms with E-state index in [1.54, 1.807) is 0 Å². The molecule has 1 atom stereocenters. The molecule has 1 saturated heterocycles. The second-order valence-electron chi connectivity index (χ2n) is 14.8. The summed E-state index contributed by atoms with van der Waals surface area (Å²) < 4.78 is 13.6. The Bertz CT molecular complexity index is 2340. The molecule has 2 fully saturated rings. The highest BCUT2D eigenvalue weighted by atomic mass is 16.7. The third-order valence-corrected chi connectivity index (χ3v) is 11.9. The van der Waals surface area contributed by atoms with Gasteiger partial charge in [-0.1, -0.05) is 91.0 Å². The number of benzene rings is 5. The van der Waals surface area contributed by atoms with Crippen LogP contribution < -0.4 is 15.9 Å². The van der Waals surface area contributed by atoms with Gasteiger partial charge in [0, 0.05) is 21.8 Å². The number of hydrogen-bond acceptors (Lipinski definition) is 3. The molecule has 5 aliphatic rings. The maximum absolute atomic E-state index is 6.82. The zero-order valence-corrected chi connectivity index (χ0v) is 27.4. The molecule has 0 amide bonds. The predicted molar refractivity (Wildman–Crippen MR) is 193 cm³/mol. The first-order valence-corrected chi connectivity index (χ1v) is 17.0. The first-order chi connectivity index (χ1) is 22.8. The van der Waals surface area contributed by atoms with Gasteiger partial charge < -0.3 is 9.31 Å². The molecule has 0 bridgehead atoms. The van der Waals surface area contributed by atoms with Crippen molar-refractivity contribution in [3.05, 3.63) is 130 Å². The molecule has 2 heterocycles. The lowest BCUT2D eigenvalue weighted by atomic mass is 9.63. The average Bonchev–Trinajstić information content (AvgIpc) is 3.77. The van der Waals surface area contributed by atoms with Crippen LogP contribution in [0.25, 0.3) is 45.0 Å². The first-order valence-electron chi connectivity index (χ1n) is 17.0. The highest BCUT2D eigenvalue weighted by molar-refractivity contribution is 6.64. The molecular formula is C43H36BNO2. The van der Waals surface area contributed by atoms with Crippen LogP contribution >= 0.6 is 0 Å². The fourth-order valence-electron chi connectivity index (χ4n) is 8.99. The van der Waals surface area contributed by atoms with E-state index in [-0.39, 0.29) is 5.41 Å². The maximum Gasteiger partial charge on any atom is 0.497 e.